The Hall–Kier alpha value is -1.88. The number of benzene rings is 1. The standard InChI is InChI=1S/C18H27N3O2/c1-13-3-5-14(6-4-13)7-10-16(22)20-11-17(23)21-18(2,12-19)15-8-9-15/h3-6,15H,7-12,19H2,1-2H3,(H,20,22)(H,21,23). The molecular formula is C18H27N3O2. The Labute approximate surface area is 138 Å². The van der Waals surface area contributed by atoms with Gasteiger partial charge < -0.3 is 16.4 Å². The number of carbonyl (C=O) groups is 2. The molecule has 1 aliphatic rings. The first-order chi connectivity index (χ1) is 10.9. The third-order valence-electron chi connectivity index (χ3n) is 4.53. The molecular weight excluding hydrogens is 290 g/mol. The number of hydrogen-bond acceptors (Lipinski definition) is 3. The Bertz CT molecular complexity index is 552. The lowest BCUT2D eigenvalue weighted by Gasteiger charge is -2.29. The van der Waals surface area contributed by atoms with Gasteiger partial charge in [-0.15, -0.1) is 0 Å². The second kappa shape index (κ2) is 7.59. The van der Waals surface area contributed by atoms with Crippen molar-refractivity contribution in [3.63, 3.8) is 0 Å². The predicted molar refractivity (Wildman–Crippen MR) is 90.8 cm³/mol. The fourth-order valence-corrected chi connectivity index (χ4v) is 2.68. The molecule has 4 N–H and O–H groups in total. The number of nitrogens with two attached hydrogens (primary N) is 1. The zero-order chi connectivity index (χ0) is 16.9. The maximum Gasteiger partial charge on any atom is 0.239 e. The summed E-state index contributed by atoms with van der Waals surface area (Å²) in [7, 11) is 0. The van der Waals surface area contributed by atoms with E-state index in [1.807, 2.05) is 38.1 Å². The van der Waals surface area contributed by atoms with Crippen LogP contribution in [0, 0.1) is 12.8 Å². The molecule has 2 amide bonds. The minimum absolute atomic E-state index is 0.00897. The van der Waals surface area contributed by atoms with Crippen LogP contribution < -0.4 is 16.4 Å². The maximum absolute atomic E-state index is 12.0. The van der Waals surface area contributed by atoms with E-state index in [-0.39, 0.29) is 23.9 Å². The fraction of sp³-hybridized carbons (Fsp3) is 0.556. The van der Waals surface area contributed by atoms with E-state index in [4.69, 9.17) is 5.73 Å². The van der Waals surface area contributed by atoms with Gasteiger partial charge in [0.25, 0.3) is 0 Å². The molecule has 1 aliphatic carbocycles. The van der Waals surface area contributed by atoms with Crippen LogP contribution in [0.4, 0.5) is 0 Å². The van der Waals surface area contributed by atoms with Crippen molar-refractivity contribution >= 4 is 11.8 Å². The average molecular weight is 317 g/mol. The summed E-state index contributed by atoms with van der Waals surface area (Å²) in [4.78, 5) is 23.8. The van der Waals surface area contributed by atoms with E-state index < -0.39 is 0 Å². The van der Waals surface area contributed by atoms with Crippen molar-refractivity contribution in [2.45, 2.75) is 45.1 Å². The van der Waals surface area contributed by atoms with Crippen molar-refractivity contribution in [1.29, 1.82) is 0 Å². The van der Waals surface area contributed by atoms with Gasteiger partial charge in [-0.3, -0.25) is 9.59 Å². The Morgan fingerprint density at radius 3 is 2.43 bits per heavy atom. The average Bonchev–Trinajstić information content (AvgIpc) is 3.37. The second-order valence-corrected chi connectivity index (χ2v) is 6.71. The Balaban J connectivity index is 1.69. The monoisotopic (exact) mass is 317 g/mol. The summed E-state index contributed by atoms with van der Waals surface area (Å²) in [5.74, 6) is 0.184. The lowest BCUT2D eigenvalue weighted by atomic mass is 9.96. The molecule has 0 spiro atoms. The number of rotatable bonds is 8. The van der Waals surface area contributed by atoms with E-state index in [1.54, 1.807) is 0 Å². The summed E-state index contributed by atoms with van der Waals surface area (Å²) in [6.45, 7) is 4.44. The van der Waals surface area contributed by atoms with Crippen LogP contribution in [0.3, 0.4) is 0 Å². The van der Waals surface area contributed by atoms with E-state index >= 15 is 0 Å². The molecule has 0 bridgehead atoms. The molecule has 0 aromatic heterocycles. The summed E-state index contributed by atoms with van der Waals surface area (Å²) in [6.07, 6.45) is 3.28. The normalized spacial score (nSPS) is 16.5. The molecule has 0 saturated heterocycles. The van der Waals surface area contributed by atoms with Crippen LogP contribution in [0.25, 0.3) is 0 Å². The molecule has 1 fully saturated rings. The van der Waals surface area contributed by atoms with E-state index in [1.165, 1.54) is 5.56 Å². The van der Waals surface area contributed by atoms with Crippen molar-refractivity contribution in [3.05, 3.63) is 35.4 Å². The quantitative estimate of drug-likeness (QED) is 0.675. The molecule has 1 unspecified atom stereocenters. The lowest BCUT2D eigenvalue weighted by molar-refractivity contribution is -0.127. The van der Waals surface area contributed by atoms with Crippen LogP contribution in [0.2, 0.25) is 0 Å². The number of hydrogen-bond donors (Lipinski definition) is 3. The van der Waals surface area contributed by atoms with Gasteiger partial charge in [-0.2, -0.15) is 0 Å². The summed E-state index contributed by atoms with van der Waals surface area (Å²) < 4.78 is 0. The molecule has 0 radical (unpaired) electrons. The summed E-state index contributed by atoms with van der Waals surface area (Å²) in [6, 6.07) is 8.12. The van der Waals surface area contributed by atoms with Crippen LogP contribution in [0.15, 0.2) is 24.3 Å². The number of aryl methyl sites for hydroxylation is 2. The van der Waals surface area contributed by atoms with Crippen LogP contribution >= 0.6 is 0 Å². The topological polar surface area (TPSA) is 84.2 Å². The zero-order valence-corrected chi connectivity index (χ0v) is 14.0. The van der Waals surface area contributed by atoms with Gasteiger partial charge >= 0.3 is 0 Å². The van der Waals surface area contributed by atoms with E-state index in [9.17, 15) is 9.59 Å². The number of nitrogens with one attached hydrogen (secondary N) is 2. The van der Waals surface area contributed by atoms with Crippen molar-refractivity contribution in [3.8, 4) is 0 Å². The van der Waals surface area contributed by atoms with Gasteiger partial charge in [-0.25, -0.2) is 0 Å². The number of carbonyl (C=O) groups excluding carboxylic acids is 2. The van der Waals surface area contributed by atoms with Crippen molar-refractivity contribution < 1.29 is 9.59 Å². The van der Waals surface area contributed by atoms with Crippen molar-refractivity contribution in [1.82, 2.24) is 10.6 Å². The highest BCUT2D eigenvalue weighted by Crippen LogP contribution is 2.38. The Kier molecular flexibility index (Phi) is 5.77. The molecule has 23 heavy (non-hydrogen) atoms. The largest absolute Gasteiger partial charge is 0.348 e. The Morgan fingerprint density at radius 1 is 1.22 bits per heavy atom. The van der Waals surface area contributed by atoms with E-state index in [0.717, 1.165) is 18.4 Å². The minimum Gasteiger partial charge on any atom is -0.348 e. The first kappa shape index (κ1) is 17.5. The molecule has 0 heterocycles. The van der Waals surface area contributed by atoms with Crippen LogP contribution in [-0.4, -0.2) is 30.4 Å². The van der Waals surface area contributed by atoms with Crippen molar-refractivity contribution in [2.75, 3.05) is 13.1 Å². The first-order valence-corrected chi connectivity index (χ1v) is 8.26. The molecule has 126 valence electrons. The summed E-state index contributed by atoms with van der Waals surface area (Å²) in [5.41, 5.74) is 7.76. The molecule has 1 aromatic rings. The van der Waals surface area contributed by atoms with Crippen LogP contribution in [0.1, 0.15) is 37.3 Å². The van der Waals surface area contributed by atoms with Crippen molar-refractivity contribution in [2.24, 2.45) is 11.7 Å². The molecule has 5 nitrogen and oxygen atoms in total. The SMILES string of the molecule is Cc1ccc(CCC(=O)NCC(=O)NC(C)(CN)C2CC2)cc1. The van der Waals surface area contributed by atoms with Gasteiger partial charge in [0.1, 0.15) is 0 Å². The fourth-order valence-electron chi connectivity index (χ4n) is 2.68. The first-order valence-electron chi connectivity index (χ1n) is 8.26. The maximum atomic E-state index is 12.0. The second-order valence-electron chi connectivity index (χ2n) is 6.71. The molecule has 5 heteroatoms. The number of amides is 2. The summed E-state index contributed by atoms with van der Waals surface area (Å²) in [5, 5.41) is 5.64. The third-order valence-corrected chi connectivity index (χ3v) is 4.53. The van der Waals surface area contributed by atoms with Gasteiger partial charge in [0.05, 0.1) is 12.1 Å². The minimum atomic E-state index is -0.344. The zero-order valence-electron chi connectivity index (χ0n) is 14.0. The smallest absolute Gasteiger partial charge is 0.239 e. The Morgan fingerprint density at radius 2 is 1.87 bits per heavy atom. The molecule has 2 rings (SSSR count). The van der Waals surface area contributed by atoms with Gasteiger partial charge in [0.15, 0.2) is 0 Å². The molecule has 1 saturated carbocycles. The van der Waals surface area contributed by atoms with Crippen LogP contribution in [0.5, 0.6) is 0 Å². The van der Waals surface area contributed by atoms with Gasteiger partial charge in [-0.05, 0) is 44.6 Å². The molecule has 0 aliphatic heterocycles. The highest BCUT2D eigenvalue weighted by atomic mass is 16.2. The highest BCUT2D eigenvalue weighted by molar-refractivity contribution is 5.85. The summed E-state index contributed by atoms with van der Waals surface area (Å²) >= 11 is 0. The molecule has 1 aromatic carbocycles. The van der Waals surface area contributed by atoms with E-state index in [0.29, 0.717) is 25.3 Å². The van der Waals surface area contributed by atoms with Gasteiger partial charge in [0, 0.05) is 13.0 Å². The van der Waals surface area contributed by atoms with Gasteiger partial charge in [0.2, 0.25) is 11.8 Å². The predicted octanol–water partition coefficient (Wildman–Crippen LogP) is 1.29. The molecule has 1 atom stereocenters. The van der Waals surface area contributed by atoms with Crippen LogP contribution in [-0.2, 0) is 16.0 Å². The van der Waals surface area contributed by atoms with E-state index in [2.05, 4.69) is 10.6 Å². The lowest BCUT2D eigenvalue weighted by Crippen LogP contribution is -2.55. The highest BCUT2D eigenvalue weighted by Gasteiger charge is 2.41. The third kappa shape index (κ3) is 5.36. The van der Waals surface area contributed by atoms with Gasteiger partial charge in [-0.1, -0.05) is 29.8 Å².